The molecule has 1 aromatic heterocycles. The predicted octanol–water partition coefficient (Wildman–Crippen LogP) is 3.87. The molecule has 0 radical (unpaired) electrons. The van der Waals surface area contributed by atoms with Gasteiger partial charge in [-0.2, -0.15) is 0 Å². The maximum absolute atomic E-state index is 14.4. The van der Waals surface area contributed by atoms with Crippen molar-refractivity contribution in [2.24, 2.45) is 0 Å². The normalized spacial score (nSPS) is 17.3. The number of fused-ring (bicyclic) bond motifs is 1. The molecule has 140 valence electrons. The molecule has 8 heteroatoms. The van der Waals surface area contributed by atoms with E-state index in [1.165, 1.54) is 12.1 Å². The second-order valence-electron chi connectivity index (χ2n) is 6.65. The van der Waals surface area contributed by atoms with E-state index < -0.39 is 24.3 Å². The fraction of sp³-hybridized carbons (Fsp3) is 0.263. The lowest BCUT2D eigenvalue weighted by Gasteiger charge is -2.38. The number of benzene rings is 2. The fourth-order valence-electron chi connectivity index (χ4n) is 3.07. The maximum Gasteiger partial charge on any atom is 0.278 e. The SMILES string of the molecule is CC(F)(F)COc1ccc(C2CN(c3ccc4nc[nH]c4c3)C2=O)c(F)c1. The van der Waals surface area contributed by atoms with Crippen molar-refractivity contribution in [2.45, 2.75) is 18.8 Å². The highest BCUT2D eigenvalue weighted by Gasteiger charge is 2.40. The van der Waals surface area contributed by atoms with Gasteiger partial charge in [0.1, 0.15) is 11.6 Å². The van der Waals surface area contributed by atoms with E-state index >= 15 is 0 Å². The smallest absolute Gasteiger partial charge is 0.278 e. The Morgan fingerprint density at radius 2 is 2.11 bits per heavy atom. The molecular weight excluding hydrogens is 359 g/mol. The van der Waals surface area contributed by atoms with E-state index in [2.05, 4.69) is 9.97 Å². The van der Waals surface area contributed by atoms with Gasteiger partial charge in [-0.05, 0) is 24.3 Å². The molecule has 0 bridgehead atoms. The third kappa shape index (κ3) is 3.34. The number of rotatable bonds is 5. The minimum absolute atomic E-state index is 0.00565. The molecule has 1 saturated heterocycles. The Hall–Kier alpha value is -3.03. The van der Waals surface area contributed by atoms with Gasteiger partial charge in [-0.25, -0.2) is 18.2 Å². The van der Waals surface area contributed by atoms with Crippen LogP contribution in [-0.4, -0.2) is 34.9 Å². The maximum atomic E-state index is 14.4. The Labute approximate surface area is 152 Å². The van der Waals surface area contributed by atoms with Crippen LogP contribution in [0.3, 0.4) is 0 Å². The summed E-state index contributed by atoms with van der Waals surface area (Å²) in [7, 11) is 0. The van der Waals surface area contributed by atoms with Crippen molar-refractivity contribution < 1.29 is 22.7 Å². The van der Waals surface area contributed by atoms with Crippen molar-refractivity contribution >= 4 is 22.6 Å². The Kier molecular flexibility index (Phi) is 4.05. The van der Waals surface area contributed by atoms with Gasteiger partial charge in [0.15, 0.2) is 6.61 Å². The van der Waals surface area contributed by atoms with Crippen molar-refractivity contribution in [3.63, 3.8) is 0 Å². The summed E-state index contributed by atoms with van der Waals surface area (Å²) in [4.78, 5) is 21.2. The Bertz CT molecular complexity index is 1010. The number of carbonyl (C=O) groups excluding carboxylic acids is 1. The van der Waals surface area contributed by atoms with E-state index in [4.69, 9.17) is 4.74 Å². The minimum atomic E-state index is -3.00. The van der Waals surface area contributed by atoms with Crippen molar-refractivity contribution in [1.82, 2.24) is 9.97 Å². The molecule has 4 rings (SSSR count). The number of imidazole rings is 1. The number of hydrogen-bond donors (Lipinski definition) is 1. The summed E-state index contributed by atoms with van der Waals surface area (Å²) >= 11 is 0. The predicted molar refractivity (Wildman–Crippen MR) is 93.7 cm³/mol. The second kappa shape index (κ2) is 6.29. The number of hydrogen-bond acceptors (Lipinski definition) is 3. The zero-order valence-electron chi connectivity index (χ0n) is 14.4. The second-order valence-corrected chi connectivity index (χ2v) is 6.65. The highest BCUT2D eigenvalue weighted by molar-refractivity contribution is 6.05. The van der Waals surface area contributed by atoms with Crippen LogP contribution in [0.4, 0.5) is 18.9 Å². The van der Waals surface area contributed by atoms with E-state index in [0.29, 0.717) is 12.2 Å². The van der Waals surface area contributed by atoms with E-state index in [-0.39, 0.29) is 17.2 Å². The zero-order valence-corrected chi connectivity index (χ0v) is 14.4. The lowest BCUT2D eigenvalue weighted by molar-refractivity contribution is -0.124. The van der Waals surface area contributed by atoms with Crippen molar-refractivity contribution in [1.29, 1.82) is 0 Å². The van der Waals surface area contributed by atoms with Crippen LogP contribution in [0.15, 0.2) is 42.7 Å². The van der Waals surface area contributed by atoms with Gasteiger partial charge in [-0.3, -0.25) is 4.79 Å². The third-order valence-corrected chi connectivity index (χ3v) is 4.48. The molecule has 2 heterocycles. The summed E-state index contributed by atoms with van der Waals surface area (Å²) in [6.45, 7) is 0.223. The van der Waals surface area contributed by atoms with Gasteiger partial charge in [-0.1, -0.05) is 6.07 Å². The van der Waals surface area contributed by atoms with Crippen LogP contribution in [-0.2, 0) is 4.79 Å². The number of amides is 1. The van der Waals surface area contributed by atoms with E-state index in [1.807, 2.05) is 6.07 Å². The number of aromatic nitrogens is 2. The topological polar surface area (TPSA) is 58.2 Å². The number of H-pyrrole nitrogens is 1. The van der Waals surface area contributed by atoms with Crippen molar-refractivity contribution in [3.05, 3.63) is 54.1 Å². The third-order valence-electron chi connectivity index (χ3n) is 4.48. The molecule has 1 aliphatic rings. The van der Waals surface area contributed by atoms with Crippen LogP contribution in [0, 0.1) is 5.82 Å². The number of halogens is 3. The lowest BCUT2D eigenvalue weighted by atomic mass is 9.89. The van der Waals surface area contributed by atoms with Gasteiger partial charge in [0.25, 0.3) is 5.92 Å². The van der Waals surface area contributed by atoms with Crippen LogP contribution in [0.1, 0.15) is 18.4 Å². The van der Waals surface area contributed by atoms with Gasteiger partial charge in [0.05, 0.1) is 23.3 Å². The van der Waals surface area contributed by atoms with E-state index in [1.54, 1.807) is 23.4 Å². The first-order valence-corrected chi connectivity index (χ1v) is 8.36. The number of alkyl halides is 2. The van der Waals surface area contributed by atoms with Crippen molar-refractivity contribution in [2.75, 3.05) is 18.1 Å². The van der Waals surface area contributed by atoms with Gasteiger partial charge in [0, 0.05) is 30.8 Å². The van der Waals surface area contributed by atoms with Crippen LogP contribution >= 0.6 is 0 Å². The monoisotopic (exact) mass is 375 g/mol. The molecule has 1 amide bonds. The van der Waals surface area contributed by atoms with E-state index in [9.17, 15) is 18.0 Å². The summed E-state index contributed by atoms with van der Waals surface area (Å²) in [5.74, 6) is -4.47. The number of carbonyl (C=O) groups is 1. The average Bonchev–Trinajstić information content (AvgIpc) is 3.07. The molecule has 1 fully saturated rings. The first-order chi connectivity index (χ1) is 12.8. The Morgan fingerprint density at radius 1 is 1.30 bits per heavy atom. The Morgan fingerprint density at radius 3 is 2.81 bits per heavy atom. The molecule has 2 aromatic carbocycles. The number of β-lactam (4-membered cyclic amide) rings is 1. The Balaban J connectivity index is 1.48. The van der Waals surface area contributed by atoms with Crippen LogP contribution < -0.4 is 9.64 Å². The quantitative estimate of drug-likeness (QED) is 0.689. The summed E-state index contributed by atoms with van der Waals surface area (Å²) in [6.07, 6.45) is 1.57. The number of aromatic amines is 1. The summed E-state index contributed by atoms with van der Waals surface area (Å²) in [5, 5.41) is 0. The van der Waals surface area contributed by atoms with Crippen LogP contribution in [0.5, 0.6) is 5.75 Å². The zero-order chi connectivity index (χ0) is 19.2. The van der Waals surface area contributed by atoms with Crippen molar-refractivity contribution in [3.8, 4) is 5.75 Å². The van der Waals surface area contributed by atoms with Gasteiger partial charge >= 0.3 is 0 Å². The molecule has 1 N–H and O–H groups in total. The molecule has 0 spiro atoms. The molecule has 1 aliphatic heterocycles. The van der Waals surface area contributed by atoms with Crippen LogP contribution in [0.25, 0.3) is 11.0 Å². The van der Waals surface area contributed by atoms with Gasteiger partial charge in [0.2, 0.25) is 5.91 Å². The first-order valence-electron chi connectivity index (χ1n) is 8.36. The van der Waals surface area contributed by atoms with Crippen LogP contribution in [0.2, 0.25) is 0 Å². The number of anilines is 1. The first kappa shape index (κ1) is 17.4. The molecular formula is C19H16F3N3O2. The molecule has 0 aliphatic carbocycles. The summed E-state index contributed by atoms with van der Waals surface area (Å²) < 4.78 is 44.9. The molecule has 1 atom stereocenters. The highest BCUT2D eigenvalue weighted by Crippen LogP contribution is 2.36. The highest BCUT2D eigenvalue weighted by atomic mass is 19.3. The average molecular weight is 375 g/mol. The molecule has 3 aromatic rings. The largest absolute Gasteiger partial charge is 0.487 e. The molecule has 27 heavy (non-hydrogen) atoms. The molecule has 5 nitrogen and oxygen atoms in total. The number of nitrogens with zero attached hydrogens (tertiary/aromatic N) is 2. The van der Waals surface area contributed by atoms with Gasteiger partial charge in [-0.15, -0.1) is 0 Å². The standard InChI is InChI=1S/C19H16F3N3O2/c1-19(21,22)9-27-12-3-4-13(15(20)7-12)14-8-25(18(14)26)11-2-5-16-17(6-11)24-10-23-16/h2-7,10,14H,8-9H2,1H3,(H,23,24). The van der Waals surface area contributed by atoms with E-state index in [0.717, 1.165) is 24.0 Å². The minimum Gasteiger partial charge on any atom is -0.487 e. The molecule has 1 unspecified atom stereocenters. The summed E-state index contributed by atoms with van der Waals surface area (Å²) in [6, 6.07) is 9.25. The molecule has 0 saturated carbocycles. The lowest BCUT2D eigenvalue weighted by Crippen LogP contribution is -2.51. The number of nitrogens with one attached hydrogen (secondary N) is 1. The fourth-order valence-corrected chi connectivity index (χ4v) is 3.07. The number of ether oxygens (including phenoxy) is 1. The van der Waals surface area contributed by atoms with Gasteiger partial charge < -0.3 is 14.6 Å². The summed E-state index contributed by atoms with van der Waals surface area (Å²) in [5.41, 5.74) is 2.54.